The molecule has 1 atom stereocenters. The van der Waals surface area contributed by atoms with E-state index >= 15 is 0 Å². The minimum atomic E-state index is -0.929. The molecule has 33 heavy (non-hydrogen) atoms. The minimum absolute atomic E-state index is 0.0224. The van der Waals surface area contributed by atoms with Crippen molar-refractivity contribution in [2.75, 3.05) is 32.1 Å². The first kappa shape index (κ1) is 25.2. The molecule has 0 radical (unpaired) electrons. The van der Waals surface area contributed by atoms with Crippen LogP contribution in [0.25, 0.3) is 0 Å². The molecule has 0 N–H and O–H groups in total. The standard InChI is InChI=1S/C25H29F2NO4S/c1-3-23(29)19-12-21(26)25(22(27)13-19)32-15-20-14-28(9-10-31-20)24(30)8-11-33-16-18-6-4-17(2)5-7-18/h4-7,12-13,20H,3,8-11,14-16H2,1-2H3. The average molecular weight is 478 g/mol. The second-order valence-corrected chi connectivity index (χ2v) is 9.08. The zero-order valence-electron chi connectivity index (χ0n) is 18.9. The van der Waals surface area contributed by atoms with E-state index in [0.717, 1.165) is 17.9 Å². The second-order valence-electron chi connectivity index (χ2n) is 7.98. The van der Waals surface area contributed by atoms with Crippen molar-refractivity contribution in [3.8, 4) is 5.75 Å². The van der Waals surface area contributed by atoms with Crippen LogP contribution >= 0.6 is 11.8 Å². The molecule has 0 saturated carbocycles. The number of thioether (sulfide) groups is 1. The third-order valence-corrected chi connectivity index (χ3v) is 6.43. The lowest BCUT2D eigenvalue weighted by Gasteiger charge is -2.33. The van der Waals surface area contributed by atoms with Gasteiger partial charge in [0.05, 0.1) is 13.2 Å². The van der Waals surface area contributed by atoms with E-state index in [2.05, 4.69) is 31.2 Å². The van der Waals surface area contributed by atoms with Crippen molar-refractivity contribution in [3.05, 3.63) is 64.7 Å². The molecule has 1 amide bonds. The molecule has 0 spiro atoms. The van der Waals surface area contributed by atoms with E-state index in [9.17, 15) is 18.4 Å². The molecule has 3 rings (SSSR count). The van der Waals surface area contributed by atoms with Gasteiger partial charge in [-0.05, 0) is 24.6 Å². The maximum Gasteiger partial charge on any atom is 0.223 e. The van der Waals surface area contributed by atoms with Crippen molar-refractivity contribution in [1.29, 1.82) is 0 Å². The van der Waals surface area contributed by atoms with Crippen molar-refractivity contribution < 1.29 is 27.8 Å². The topological polar surface area (TPSA) is 55.8 Å². The van der Waals surface area contributed by atoms with Crippen LogP contribution in [0.2, 0.25) is 0 Å². The summed E-state index contributed by atoms with van der Waals surface area (Å²) in [4.78, 5) is 26.0. The highest BCUT2D eigenvalue weighted by Gasteiger charge is 2.25. The Balaban J connectivity index is 1.44. The van der Waals surface area contributed by atoms with Crippen molar-refractivity contribution in [3.63, 3.8) is 0 Å². The SMILES string of the molecule is CCC(=O)c1cc(F)c(OCC2CN(C(=O)CCSCc3ccc(C)cc3)CCO2)c(F)c1. The molecule has 8 heteroatoms. The number of morpholine rings is 1. The molecule has 0 bridgehead atoms. The van der Waals surface area contributed by atoms with Gasteiger partial charge in [-0.25, -0.2) is 8.78 Å². The Morgan fingerprint density at radius 1 is 1.18 bits per heavy atom. The summed E-state index contributed by atoms with van der Waals surface area (Å²) >= 11 is 1.71. The largest absolute Gasteiger partial charge is 0.485 e. The molecule has 1 unspecified atom stereocenters. The number of halogens is 2. The second kappa shape index (κ2) is 12.1. The molecule has 2 aromatic rings. The van der Waals surface area contributed by atoms with Gasteiger partial charge in [-0.15, -0.1) is 0 Å². The Morgan fingerprint density at radius 2 is 1.88 bits per heavy atom. The molecule has 1 fully saturated rings. The van der Waals surface area contributed by atoms with Gasteiger partial charge < -0.3 is 14.4 Å². The van der Waals surface area contributed by atoms with Crippen molar-refractivity contribution in [1.82, 2.24) is 4.90 Å². The van der Waals surface area contributed by atoms with Gasteiger partial charge in [0.15, 0.2) is 23.2 Å². The lowest BCUT2D eigenvalue weighted by Crippen LogP contribution is -2.47. The van der Waals surface area contributed by atoms with Gasteiger partial charge in [0.2, 0.25) is 5.91 Å². The van der Waals surface area contributed by atoms with E-state index in [1.165, 1.54) is 11.1 Å². The number of benzene rings is 2. The van der Waals surface area contributed by atoms with Crippen LogP contribution < -0.4 is 4.74 Å². The van der Waals surface area contributed by atoms with Gasteiger partial charge >= 0.3 is 0 Å². The normalized spacial score (nSPS) is 16.0. The number of nitrogens with zero attached hydrogens (tertiary/aromatic N) is 1. The monoisotopic (exact) mass is 477 g/mol. The fraction of sp³-hybridized carbons (Fsp3) is 0.440. The number of hydrogen-bond acceptors (Lipinski definition) is 5. The summed E-state index contributed by atoms with van der Waals surface area (Å²) in [6.45, 7) is 4.70. The zero-order valence-corrected chi connectivity index (χ0v) is 19.8. The Bertz CT molecular complexity index is 944. The molecule has 1 aliphatic rings. The highest BCUT2D eigenvalue weighted by atomic mass is 32.2. The number of hydrogen-bond donors (Lipinski definition) is 0. The molecule has 5 nitrogen and oxygen atoms in total. The number of amides is 1. The van der Waals surface area contributed by atoms with E-state index in [1.807, 2.05) is 0 Å². The maximum atomic E-state index is 14.3. The van der Waals surface area contributed by atoms with Gasteiger partial charge in [-0.1, -0.05) is 36.8 Å². The lowest BCUT2D eigenvalue weighted by atomic mass is 10.1. The Morgan fingerprint density at radius 3 is 2.55 bits per heavy atom. The molecule has 178 valence electrons. The smallest absolute Gasteiger partial charge is 0.223 e. The minimum Gasteiger partial charge on any atom is -0.485 e. The molecule has 1 heterocycles. The van der Waals surface area contributed by atoms with Crippen molar-refractivity contribution in [2.24, 2.45) is 0 Å². The third kappa shape index (κ3) is 7.27. The Kier molecular flexibility index (Phi) is 9.26. The van der Waals surface area contributed by atoms with Crippen molar-refractivity contribution in [2.45, 2.75) is 38.5 Å². The molecule has 0 aromatic heterocycles. The fourth-order valence-corrected chi connectivity index (χ4v) is 4.37. The molecule has 2 aromatic carbocycles. The number of ether oxygens (including phenoxy) is 2. The quantitative estimate of drug-likeness (QED) is 0.364. The van der Waals surface area contributed by atoms with Gasteiger partial charge in [0.1, 0.15) is 12.7 Å². The average Bonchev–Trinajstić information content (AvgIpc) is 2.81. The van der Waals surface area contributed by atoms with E-state index in [1.54, 1.807) is 23.6 Å². The van der Waals surface area contributed by atoms with E-state index in [-0.39, 0.29) is 30.3 Å². The summed E-state index contributed by atoms with van der Waals surface area (Å²) in [5.74, 6) is -1.15. The van der Waals surface area contributed by atoms with Gasteiger partial charge in [0.25, 0.3) is 0 Å². The van der Waals surface area contributed by atoms with E-state index < -0.39 is 23.5 Å². The van der Waals surface area contributed by atoms with Gasteiger partial charge in [-0.2, -0.15) is 11.8 Å². The number of carbonyl (C=O) groups is 2. The van der Waals surface area contributed by atoms with Gasteiger partial charge in [0, 0.05) is 36.5 Å². The van der Waals surface area contributed by atoms with Crippen LogP contribution in [0.4, 0.5) is 8.78 Å². The van der Waals surface area contributed by atoms with Crippen LogP contribution in [-0.2, 0) is 15.3 Å². The summed E-state index contributed by atoms with van der Waals surface area (Å²) < 4.78 is 39.5. The first-order valence-electron chi connectivity index (χ1n) is 11.0. The molecular formula is C25H29F2NO4S. The summed E-state index contributed by atoms with van der Waals surface area (Å²) in [5, 5.41) is 0. The highest BCUT2D eigenvalue weighted by Crippen LogP contribution is 2.25. The number of aryl methyl sites for hydroxylation is 1. The number of Topliss-reactive ketones (excluding diaryl/α,β-unsaturated/α-hetero) is 1. The zero-order chi connectivity index (χ0) is 23.8. The molecule has 1 saturated heterocycles. The van der Waals surface area contributed by atoms with Crippen LogP contribution in [-0.4, -0.2) is 54.8 Å². The summed E-state index contributed by atoms with van der Waals surface area (Å²) in [6, 6.07) is 10.3. The third-order valence-electron chi connectivity index (χ3n) is 5.40. The van der Waals surface area contributed by atoms with Crippen LogP contribution in [0.15, 0.2) is 36.4 Å². The van der Waals surface area contributed by atoms with E-state index in [0.29, 0.717) is 31.9 Å². The summed E-state index contributed by atoms with van der Waals surface area (Å²) in [6.07, 6.45) is 0.0857. The number of carbonyl (C=O) groups excluding carboxylic acids is 2. The number of ketones is 1. The highest BCUT2D eigenvalue weighted by molar-refractivity contribution is 7.98. The fourth-order valence-electron chi connectivity index (χ4n) is 3.48. The van der Waals surface area contributed by atoms with Crippen molar-refractivity contribution >= 4 is 23.5 Å². The molecule has 1 aliphatic heterocycles. The Labute approximate surface area is 197 Å². The van der Waals surface area contributed by atoms with Crippen LogP contribution in [0.3, 0.4) is 0 Å². The van der Waals surface area contributed by atoms with Crippen LogP contribution in [0, 0.1) is 18.6 Å². The maximum absolute atomic E-state index is 14.3. The van der Waals surface area contributed by atoms with Crippen LogP contribution in [0.5, 0.6) is 5.75 Å². The predicted molar refractivity (Wildman–Crippen MR) is 125 cm³/mol. The molecule has 0 aliphatic carbocycles. The Hall–Kier alpha value is -2.45. The number of rotatable bonds is 10. The van der Waals surface area contributed by atoms with E-state index in [4.69, 9.17) is 9.47 Å². The first-order chi connectivity index (χ1) is 15.9. The van der Waals surface area contributed by atoms with Crippen LogP contribution in [0.1, 0.15) is 41.3 Å². The summed E-state index contributed by atoms with van der Waals surface area (Å²) in [5.41, 5.74) is 2.43. The van der Waals surface area contributed by atoms with Gasteiger partial charge in [-0.3, -0.25) is 9.59 Å². The summed E-state index contributed by atoms with van der Waals surface area (Å²) in [7, 11) is 0. The molecular weight excluding hydrogens is 448 g/mol. The lowest BCUT2D eigenvalue weighted by molar-refractivity contribution is -0.139. The first-order valence-corrected chi connectivity index (χ1v) is 12.2. The predicted octanol–water partition coefficient (Wildman–Crippen LogP) is 4.80.